The van der Waals surface area contributed by atoms with E-state index in [2.05, 4.69) is 10.3 Å². The monoisotopic (exact) mass is 247 g/mol. The van der Waals surface area contributed by atoms with Crippen molar-refractivity contribution in [2.45, 2.75) is 6.54 Å². The third kappa shape index (κ3) is 3.00. The maximum atomic E-state index is 12.9. The van der Waals surface area contributed by atoms with Crippen LogP contribution in [0.2, 0.25) is 0 Å². The zero-order valence-electron chi connectivity index (χ0n) is 9.34. The molecule has 2 rings (SSSR count). The highest BCUT2D eigenvalue weighted by atomic mass is 19.1. The third-order valence-electron chi connectivity index (χ3n) is 2.21. The molecule has 6 heteroatoms. The lowest BCUT2D eigenvalue weighted by atomic mass is 10.3. The first kappa shape index (κ1) is 12.0. The first-order valence-corrected chi connectivity index (χ1v) is 5.21. The van der Waals surface area contributed by atoms with Crippen LogP contribution in [0.5, 0.6) is 0 Å². The van der Waals surface area contributed by atoms with Gasteiger partial charge in [0.25, 0.3) is 5.56 Å². The summed E-state index contributed by atoms with van der Waals surface area (Å²) >= 11 is 0. The van der Waals surface area contributed by atoms with Crippen molar-refractivity contribution in [3.8, 4) is 0 Å². The average molecular weight is 247 g/mol. The summed E-state index contributed by atoms with van der Waals surface area (Å²) in [5.74, 6) is -0.859. The van der Waals surface area contributed by atoms with Crippen molar-refractivity contribution < 1.29 is 9.18 Å². The van der Waals surface area contributed by atoms with E-state index in [1.54, 1.807) is 6.07 Å². The molecular weight excluding hydrogens is 237 g/mol. The van der Waals surface area contributed by atoms with E-state index in [4.69, 9.17) is 0 Å². The molecule has 1 heterocycles. The Kier molecular flexibility index (Phi) is 3.47. The Morgan fingerprint density at radius 3 is 2.94 bits per heavy atom. The Bertz CT molecular complexity index is 624. The molecule has 0 aliphatic heterocycles. The topological polar surface area (TPSA) is 64.0 Å². The summed E-state index contributed by atoms with van der Waals surface area (Å²) in [6.07, 6.45) is 2.62. The van der Waals surface area contributed by atoms with Crippen LogP contribution in [0.15, 0.2) is 47.7 Å². The van der Waals surface area contributed by atoms with Crippen molar-refractivity contribution >= 4 is 11.6 Å². The summed E-state index contributed by atoms with van der Waals surface area (Å²) < 4.78 is 14.1. The molecule has 1 amide bonds. The smallest absolute Gasteiger partial charge is 0.253 e. The molecule has 0 aliphatic rings. The normalized spacial score (nSPS) is 10.1. The first-order chi connectivity index (χ1) is 8.65. The highest BCUT2D eigenvalue weighted by Crippen LogP contribution is 2.08. The van der Waals surface area contributed by atoms with Crippen LogP contribution < -0.4 is 10.9 Å². The van der Waals surface area contributed by atoms with E-state index in [0.29, 0.717) is 5.69 Å². The lowest BCUT2D eigenvalue weighted by molar-refractivity contribution is -0.116. The minimum absolute atomic E-state index is 0.164. The van der Waals surface area contributed by atoms with Gasteiger partial charge < -0.3 is 5.32 Å². The molecule has 0 atom stereocenters. The van der Waals surface area contributed by atoms with Crippen molar-refractivity contribution in [3.05, 3.63) is 59.0 Å². The summed E-state index contributed by atoms with van der Waals surface area (Å²) in [4.78, 5) is 26.7. The molecule has 0 radical (unpaired) electrons. The summed E-state index contributed by atoms with van der Waals surface area (Å²) in [6.45, 7) is -0.164. The van der Waals surface area contributed by atoms with E-state index in [0.717, 1.165) is 4.57 Å². The summed E-state index contributed by atoms with van der Waals surface area (Å²) in [5.41, 5.74) is 0.0244. The van der Waals surface area contributed by atoms with E-state index in [1.807, 2.05) is 0 Å². The van der Waals surface area contributed by atoms with Crippen molar-refractivity contribution in [2.24, 2.45) is 0 Å². The van der Waals surface area contributed by atoms with Gasteiger partial charge in [-0.2, -0.15) is 0 Å². The zero-order valence-corrected chi connectivity index (χ0v) is 9.34. The van der Waals surface area contributed by atoms with Gasteiger partial charge in [-0.25, -0.2) is 9.37 Å². The van der Waals surface area contributed by atoms with Crippen LogP contribution in [0.4, 0.5) is 10.1 Å². The van der Waals surface area contributed by atoms with Gasteiger partial charge in [-0.3, -0.25) is 14.2 Å². The van der Waals surface area contributed by atoms with Gasteiger partial charge in [-0.15, -0.1) is 0 Å². The Balaban J connectivity index is 2.06. The number of hydrogen-bond acceptors (Lipinski definition) is 3. The standard InChI is InChI=1S/C12H10FN3O2/c13-9-2-1-3-10(6-9)15-11(17)7-16-8-14-5-4-12(16)18/h1-6,8H,7H2,(H,15,17). The SMILES string of the molecule is O=C(Cn1cnccc1=O)Nc1cccc(F)c1. The van der Waals surface area contributed by atoms with E-state index in [9.17, 15) is 14.0 Å². The molecule has 0 saturated carbocycles. The maximum absolute atomic E-state index is 12.9. The highest BCUT2D eigenvalue weighted by Gasteiger charge is 2.05. The summed E-state index contributed by atoms with van der Waals surface area (Å²) in [7, 11) is 0. The Morgan fingerprint density at radius 1 is 1.39 bits per heavy atom. The van der Waals surface area contributed by atoms with Crippen LogP contribution in [0.1, 0.15) is 0 Å². The van der Waals surface area contributed by atoms with Crippen molar-refractivity contribution in [1.82, 2.24) is 9.55 Å². The van der Waals surface area contributed by atoms with Gasteiger partial charge in [0.1, 0.15) is 12.4 Å². The molecule has 0 spiro atoms. The molecule has 18 heavy (non-hydrogen) atoms. The van der Waals surface area contributed by atoms with Crippen LogP contribution in [-0.2, 0) is 11.3 Å². The number of carbonyl (C=O) groups excluding carboxylic acids is 1. The number of anilines is 1. The number of aromatic nitrogens is 2. The average Bonchev–Trinajstić information content (AvgIpc) is 2.32. The second kappa shape index (κ2) is 5.22. The predicted molar refractivity (Wildman–Crippen MR) is 63.5 cm³/mol. The molecule has 0 fully saturated rings. The molecule has 2 aromatic rings. The third-order valence-corrected chi connectivity index (χ3v) is 2.21. The molecule has 1 N–H and O–H groups in total. The van der Waals surface area contributed by atoms with Gasteiger partial charge >= 0.3 is 0 Å². The number of benzene rings is 1. The molecule has 1 aromatic carbocycles. The number of amides is 1. The van der Waals surface area contributed by atoms with Crippen LogP contribution in [0.25, 0.3) is 0 Å². The van der Waals surface area contributed by atoms with Gasteiger partial charge in [-0.05, 0) is 18.2 Å². The zero-order chi connectivity index (χ0) is 13.0. The quantitative estimate of drug-likeness (QED) is 0.880. The molecular formula is C12H10FN3O2. The van der Waals surface area contributed by atoms with Gasteiger partial charge in [-0.1, -0.05) is 6.07 Å². The lowest BCUT2D eigenvalue weighted by Crippen LogP contribution is -2.27. The molecule has 0 aliphatic carbocycles. The fraction of sp³-hybridized carbons (Fsp3) is 0.0833. The first-order valence-electron chi connectivity index (χ1n) is 5.21. The molecule has 0 bridgehead atoms. The Morgan fingerprint density at radius 2 is 2.22 bits per heavy atom. The number of rotatable bonds is 3. The Labute approximate surface area is 102 Å². The minimum Gasteiger partial charge on any atom is -0.324 e. The molecule has 0 saturated heterocycles. The summed E-state index contributed by atoms with van der Waals surface area (Å²) in [5, 5.41) is 2.49. The van der Waals surface area contributed by atoms with Gasteiger partial charge in [0.05, 0.1) is 6.33 Å². The largest absolute Gasteiger partial charge is 0.324 e. The van der Waals surface area contributed by atoms with Gasteiger partial charge in [0.2, 0.25) is 5.91 Å². The maximum Gasteiger partial charge on any atom is 0.253 e. The van der Waals surface area contributed by atoms with Crippen molar-refractivity contribution in [1.29, 1.82) is 0 Å². The fourth-order valence-electron chi connectivity index (χ4n) is 1.42. The van der Waals surface area contributed by atoms with E-state index < -0.39 is 11.7 Å². The van der Waals surface area contributed by atoms with Crippen LogP contribution >= 0.6 is 0 Å². The second-order valence-corrected chi connectivity index (χ2v) is 3.60. The molecule has 1 aromatic heterocycles. The van der Waals surface area contributed by atoms with E-state index in [1.165, 1.54) is 36.8 Å². The predicted octanol–water partition coefficient (Wildman–Crippen LogP) is 1.02. The van der Waals surface area contributed by atoms with E-state index >= 15 is 0 Å². The summed E-state index contributed by atoms with van der Waals surface area (Å²) in [6, 6.07) is 6.79. The molecule has 92 valence electrons. The van der Waals surface area contributed by atoms with Crippen molar-refractivity contribution in [2.75, 3.05) is 5.32 Å². The number of carbonyl (C=O) groups is 1. The fourth-order valence-corrected chi connectivity index (χ4v) is 1.42. The minimum atomic E-state index is -0.439. The number of halogens is 1. The van der Waals surface area contributed by atoms with E-state index in [-0.39, 0.29) is 12.1 Å². The molecule has 0 unspecified atom stereocenters. The highest BCUT2D eigenvalue weighted by molar-refractivity contribution is 5.90. The number of nitrogens with zero attached hydrogens (tertiary/aromatic N) is 2. The number of hydrogen-bond donors (Lipinski definition) is 1. The van der Waals surface area contributed by atoms with Crippen LogP contribution in [0.3, 0.4) is 0 Å². The second-order valence-electron chi connectivity index (χ2n) is 3.60. The van der Waals surface area contributed by atoms with Gasteiger partial charge in [0, 0.05) is 18.0 Å². The lowest BCUT2D eigenvalue weighted by Gasteiger charge is -2.06. The Hall–Kier alpha value is -2.50. The van der Waals surface area contributed by atoms with Crippen LogP contribution in [-0.4, -0.2) is 15.5 Å². The van der Waals surface area contributed by atoms with Crippen molar-refractivity contribution in [3.63, 3.8) is 0 Å². The molecule has 5 nitrogen and oxygen atoms in total. The van der Waals surface area contributed by atoms with Crippen LogP contribution in [0, 0.1) is 5.82 Å². The number of nitrogens with one attached hydrogen (secondary N) is 1. The van der Waals surface area contributed by atoms with Gasteiger partial charge in [0.15, 0.2) is 0 Å².